The number of aromatic nitrogens is 5. The highest BCUT2D eigenvalue weighted by Crippen LogP contribution is 2.39. The Morgan fingerprint density at radius 3 is 2.62 bits per heavy atom. The zero-order valence-electron chi connectivity index (χ0n) is 22.6. The molecular formula is C30H30ClN7O2. The van der Waals surface area contributed by atoms with E-state index in [-0.39, 0.29) is 17.2 Å². The number of hydrogen-bond donors (Lipinski definition) is 2. The predicted molar refractivity (Wildman–Crippen MR) is 155 cm³/mol. The number of rotatable bonds is 8. The van der Waals surface area contributed by atoms with Gasteiger partial charge in [0.05, 0.1) is 35.1 Å². The number of halogens is 1. The van der Waals surface area contributed by atoms with Gasteiger partial charge in [-0.1, -0.05) is 38.1 Å². The standard InChI is InChI=1S/C30H30ClN7O2/c1-5-28(39)35-14-21-8-6-20(13-32-21)25-9-7-19(12-33-25)18(2)29(40)37-27-10-22(24(31)16-34-27)23-15-36-38-17-30(3,4)11-26(23)38/h5-10,12-13,15-16,18H,1,11,14,17H2,2-4H3,(H,35,39)(H,34,37,40). The highest BCUT2D eigenvalue weighted by atomic mass is 35.5. The molecule has 1 unspecified atom stereocenters. The summed E-state index contributed by atoms with van der Waals surface area (Å²) in [5.41, 5.74) is 6.09. The van der Waals surface area contributed by atoms with E-state index in [1.165, 1.54) is 6.08 Å². The first-order valence-corrected chi connectivity index (χ1v) is 13.3. The van der Waals surface area contributed by atoms with Crippen LogP contribution >= 0.6 is 11.6 Å². The Hall–Kier alpha value is -4.37. The molecule has 0 aliphatic carbocycles. The lowest BCUT2D eigenvalue weighted by molar-refractivity contribution is -0.117. The van der Waals surface area contributed by atoms with Gasteiger partial charge in [-0.2, -0.15) is 5.10 Å². The number of nitrogens with one attached hydrogen (secondary N) is 2. The fourth-order valence-electron chi connectivity index (χ4n) is 4.73. The highest BCUT2D eigenvalue weighted by molar-refractivity contribution is 6.33. The SMILES string of the molecule is C=CC(=O)NCc1ccc(-c2ccc(C(C)C(=O)Nc3cc(-c4cnn5c4CC(C)(C)C5)c(Cl)cn3)cn2)cn1. The van der Waals surface area contributed by atoms with Gasteiger partial charge in [0, 0.05) is 47.5 Å². The van der Waals surface area contributed by atoms with E-state index < -0.39 is 5.92 Å². The molecule has 0 spiro atoms. The predicted octanol–water partition coefficient (Wildman–Crippen LogP) is 5.18. The fraction of sp³-hybridized carbons (Fsp3) is 0.267. The minimum atomic E-state index is -0.461. The summed E-state index contributed by atoms with van der Waals surface area (Å²) in [5, 5.41) is 10.7. The van der Waals surface area contributed by atoms with E-state index in [4.69, 9.17) is 11.6 Å². The van der Waals surface area contributed by atoms with E-state index in [1.807, 2.05) is 42.1 Å². The van der Waals surface area contributed by atoms with Crippen LogP contribution in [0.2, 0.25) is 5.02 Å². The average molecular weight is 556 g/mol. The van der Waals surface area contributed by atoms with Crippen molar-refractivity contribution in [3.63, 3.8) is 0 Å². The molecule has 5 rings (SSSR count). The van der Waals surface area contributed by atoms with Gasteiger partial charge < -0.3 is 10.6 Å². The van der Waals surface area contributed by atoms with Gasteiger partial charge in [-0.25, -0.2) is 4.98 Å². The van der Waals surface area contributed by atoms with Crippen molar-refractivity contribution in [2.75, 3.05) is 5.32 Å². The second kappa shape index (κ2) is 11.0. The van der Waals surface area contributed by atoms with Crippen LogP contribution in [0.3, 0.4) is 0 Å². The highest BCUT2D eigenvalue weighted by Gasteiger charge is 2.32. The Balaban J connectivity index is 1.26. The zero-order chi connectivity index (χ0) is 28.4. The molecule has 10 heteroatoms. The summed E-state index contributed by atoms with van der Waals surface area (Å²) in [6, 6.07) is 9.26. The summed E-state index contributed by atoms with van der Waals surface area (Å²) < 4.78 is 2.03. The van der Waals surface area contributed by atoms with Crippen LogP contribution in [0.15, 0.2) is 67.8 Å². The first-order valence-electron chi connectivity index (χ1n) is 13.0. The zero-order valence-corrected chi connectivity index (χ0v) is 23.4. The molecule has 1 atom stereocenters. The van der Waals surface area contributed by atoms with Gasteiger partial charge in [-0.3, -0.25) is 24.2 Å². The fourth-order valence-corrected chi connectivity index (χ4v) is 4.94. The van der Waals surface area contributed by atoms with E-state index in [0.717, 1.165) is 52.3 Å². The molecule has 2 N–H and O–H groups in total. The molecule has 1 aliphatic rings. The number of carbonyl (C=O) groups is 2. The smallest absolute Gasteiger partial charge is 0.243 e. The van der Waals surface area contributed by atoms with Crippen molar-refractivity contribution in [3.05, 3.63) is 89.7 Å². The van der Waals surface area contributed by atoms with Gasteiger partial charge >= 0.3 is 0 Å². The first kappa shape index (κ1) is 27.2. The van der Waals surface area contributed by atoms with E-state index in [2.05, 4.69) is 51.1 Å². The summed E-state index contributed by atoms with van der Waals surface area (Å²) in [5.74, 6) is -0.491. The number of pyridine rings is 3. The number of nitrogens with zero attached hydrogens (tertiary/aromatic N) is 5. The second-order valence-corrected chi connectivity index (χ2v) is 11.1. The topological polar surface area (TPSA) is 115 Å². The van der Waals surface area contributed by atoms with E-state index in [9.17, 15) is 9.59 Å². The molecule has 204 valence electrons. The van der Waals surface area contributed by atoms with Crippen LogP contribution in [0.1, 0.15) is 43.6 Å². The Morgan fingerprint density at radius 1 is 1.10 bits per heavy atom. The Kier molecular flexibility index (Phi) is 7.49. The van der Waals surface area contributed by atoms with Gasteiger partial charge in [-0.05, 0) is 54.7 Å². The maximum atomic E-state index is 13.1. The van der Waals surface area contributed by atoms with Crippen LogP contribution in [-0.4, -0.2) is 36.5 Å². The molecule has 1 aliphatic heterocycles. The maximum absolute atomic E-state index is 13.1. The van der Waals surface area contributed by atoms with Crippen molar-refractivity contribution in [2.45, 2.75) is 46.2 Å². The third-order valence-electron chi connectivity index (χ3n) is 7.00. The van der Waals surface area contributed by atoms with E-state index in [1.54, 1.807) is 24.7 Å². The van der Waals surface area contributed by atoms with Crippen LogP contribution in [0.25, 0.3) is 22.4 Å². The van der Waals surface area contributed by atoms with Crippen LogP contribution in [0.5, 0.6) is 0 Å². The van der Waals surface area contributed by atoms with Crippen LogP contribution in [0.4, 0.5) is 5.82 Å². The lowest BCUT2D eigenvalue weighted by Crippen LogP contribution is -2.20. The number of fused-ring (bicyclic) bond motifs is 1. The van der Waals surface area contributed by atoms with Crippen molar-refractivity contribution in [1.29, 1.82) is 0 Å². The van der Waals surface area contributed by atoms with Gasteiger partial charge in [0.2, 0.25) is 11.8 Å². The molecule has 4 aromatic heterocycles. The summed E-state index contributed by atoms with van der Waals surface area (Å²) >= 11 is 6.52. The van der Waals surface area contributed by atoms with E-state index in [0.29, 0.717) is 17.4 Å². The van der Waals surface area contributed by atoms with E-state index >= 15 is 0 Å². The summed E-state index contributed by atoms with van der Waals surface area (Å²) in [6.45, 7) is 10.9. The van der Waals surface area contributed by atoms with Crippen molar-refractivity contribution in [2.24, 2.45) is 5.41 Å². The van der Waals surface area contributed by atoms with Crippen molar-refractivity contribution >= 4 is 29.2 Å². The van der Waals surface area contributed by atoms with Crippen molar-refractivity contribution in [3.8, 4) is 22.4 Å². The van der Waals surface area contributed by atoms with Gasteiger partial charge in [0.15, 0.2) is 0 Å². The maximum Gasteiger partial charge on any atom is 0.243 e. The molecule has 0 saturated carbocycles. The van der Waals surface area contributed by atoms with Crippen LogP contribution in [0, 0.1) is 5.41 Å². The average Bonchev–Trinajstić information content (AvgIpc) is 3.47. The molecule has 2 amide bonds. The summed E-state index contributed by atoms with van der Waals surface area (Å²) in [6.07, 6.45) is 8.90. The molecule has 0 radical (unpaired) electrons. The third-order valence-corrected chi connectivity index (χ3v) is 7.30. The summed E-state index contributed by atoms with van der Waals surface area (Å²) in [7, 11) is 0. The molecule has 0 fully saturated rings. The van der Waals surface area contributed by atoms with Crippen molar-refractivity contribution in [1.82, 2.24) is 30.0 Å². The number of carbonyl (C=O) groups excluding carboxylic acids is 2. The molecule has 5 heterocycles. The quantitative estimate of drug-likeness (QED) is 0.289. The molecular weight excluding hydrogens is 526 g/mol. The first-order chi connectivity index (χ1) is 19.1. The normalized spacial score (nSPS) is 14.3. The van der Waals surface area contributed by atoms with Gasteiger partial charge in [0.1, 0.15) is 5.82 Å². The minimum Gasteiger partial charge on any atom is -0.347 e. The second-order valence-electron chi connectivity index (χ2n) is 10.7. The molecule has 0 bridgehead atoms. The number of hydrogen-bond acceptors (Lipinski definition) is 6. The minimum absolute atomic E-state index is 0.137. The Bertz CT molecular complexity index is 1580. The van der Waals surface area contributed by atoms with Gasteiger partial charge in [0.25, 0.3) is 0 Å². The lowest BCUT2D eigenvalue weighted by atomic mass is 9.89. The largest absolute Gasteiger partial charge is 0.347 e. The third kappa shape index (κ3) is 5.79. The molecule has 4 aromatic rings. The van der Waals surface area contributed by atoms with Crippen LogP contribution < -0.4 is 10.6 Å². The monoisotopic (exact) mass is 555 g/mol. The Labute approximate surface area is 237 Å². The van der Waals surface area contributed by atoms with Crippen molar-refractivity contribution < 1.29 is 9.59 Å². The molecule has 40 heavy (non-hydrogen) atoms. The number of anilines is 1. The molecule has 9 nitrogen and oxygen atoms in total. The number of amides is 2. The lowest BCUT2D eigenvalue weighted by Gasteiger charge is -2.15. The molecule has 0 saturated heterocycles. The molecule has 0 aromatic carbocycles. The van der Waals surface area contributed by atoms with Gasteiger partial charge in [-0.15, -0.1) is 0 Å². The summed E-state index contributed by atoms with van der Waals surface area (Å²) in [4.78, 5) is 37.7. The van der Waals surface area contributed by atoms with Crippen LogP contribution in [-0.2, 0) is 29.1 Å². The Morgan fingerprint density at radius 2 is 1.93 bits per heavy atom.